The Labute approximate surface area is 115 Å². The van der Waals surface area contributed by atoms with Gasteiger partial charge in [0.25, 0.3) is 0 Å². The fourth-order valence-electron chi connectivity index (χ4n) is 1.90. The van der Waals surface area contributed by atoms with Gasteiger partial charge in [0.05, 0.1) is 0 Å². The van der Waals surface area contributed by atoms with Gasteiger partial charge in [0.15, 0.2) is 0 Å². The molecule has 0 radical (unpaired) electrons. The number of nitrogens with one attached hydrogen (secondary N) is 1. The van der Waals surface area contributed by atoms with Gasteiger partial charge in [-0.3, -0.25) is 0 Å². The molecule has 2 rings (SSSR count). The van der Waals surface area contributed by atoms with Crippen LogP contribution >= 0.6 is 0 Å². The van der Waals surface area contributed by atoms with E-state index >= 15 is 0 Å². The Hall–Kier alpha value is -1.61. The van der Waals surface area contributed by atoms with E-state index in [-0.39, 0.29) is 5.54 Å². The van der Waals surface area contributed by atoms with Crippen LogP contribution in [0.25, 0.3) is 0 Å². The molecule has 0 unspecified atom stereocenters. The maximum atomic E-state index is 4.24. The number of benzene rings is 1. The highest BCUT2D eigenvalue weighted by atomic mass is 15.0. The van der Waals surface area contributed by atoms with Gasteiger partial charge in [-0.25, -0.2) is 4.98 Å². The number of imidazole rings is 1. The highest BCUT2D eigenvalue weighted by Crippen LogP contribution is 2.09. The van der Waals surface area contributed by atoms with Crippen molar-refractivity contribution in [3.05, 3.63) is 53.6 Å². The Morgan fingerprint density at radius 3 is 2.26 bits per heavy atom. The lowest BCUT2D eigenvalue weighted by Crippen LogP contribution is -2.35. The third kappa shape index (κ3) is 4.21. The Kier molecular flexibility index (Phi) is 4.05. The van der Waals surface area contributed by atoms with Crippen molar-refractivity contribution in [3.8, 4) is 0 Å². The van der Waals surface area contributed by atoms with Crippen LogP contribution in [0.2, 0.25) is 0 Å². The predicted molar refractivity (Wildman–Crippen MR) is 79.1 cm³/mol. The molecule has 0 spiro atoms. The summed E-state index contributed by atoms with van der Waals surface area (Å²) in [4.78, 5) is 4.24. The van der Waals surface area contributed by atoms with Gasteiger partial charge in [-0.1, -0.05) is 24.3 Å². The second-order valence-electron chi connectivity index (χ2n) is 6.02. The fraction of sp³-hybridized carbons (Fsp3) is 0.438. The van der Waals surface area contributed by atoms with E-state index in [1.54, 1.807) is 0 Å². The summed E-state index contributed by atoms with van der Waals surface area (Å²) in [5.74, 6) is 1.05. The number of aryl methyl sites for hydroxylation is 1. The normalized spacial score (nSPS) is 11.8. The van der Waals surface area contributed by atoms with Gasteiger partial charge < -0.3 is 9.88 Å². The summed E-state index contributed by atoms with van der Waals surface area (Å²) in [6, 6.07) is 8.78. The average Bonchev–Trinajstić information content (AvgIpc) is 2.73. The van der Waals surface area contributed by atoms with Crippen LogP contribution in [0.3, 0.4) is 0 Å². The maximum Gasteiger partial charge on any atom is 0.105 e. The lowest BCUT2D eigenvalue weighted by atomic mass is 10.1. The Morgan fingerprint density at radius 1 is 1.11 bits per heavy atom. The van der Waals surface area contributed by atoms with Crippen molar-refractivity contribution in [1.82, 2.24) is 14.9 Å². The van der Waals surface area contributed by atoms with Crippen LogP contribution in [0.5, 0.6) is 0 Å². The molecule has 1 N–H and O–H groups in total. The number of hydrogen-bond acceptors (Lipinski definition) is 2. The summed E-state index contributed by atoms with van der Waals surface area (Å²) in [5.41, 5.74) is 2.79. The second kappa shape index (κ2) is 5.57. The van der Waals surface area contributed by atoms with Gasteiger partial charge in [-0.15, -0.1) is 0 Å². The highest BCUT2D eigenvalue weighted by molar-refractivity contribution is 5.23. The molecule has 102 valence electrons. The maximum absolute atomic E-state index is 4.24. The van der Waals surface area contributed by atoms with E-state index in [1.807, 2.05) is 19.3 Å². The first-order valence-corrected chi connectivity index (χ1v) is 6.75. The van der Waals surface area contributed by atoms with Crippen LogP contribution in [0.1, 0.15) is 37.7 Å². The lowest BCUT2D eigenvalue weighted by molar-refractivity contribution is 0.424. The van der Waals surface area contributed by atoms with Crippen LogP contribution in [-0.4, -0.2) is 15.1 Å². The number of aromatic nitrogens is 2. The fourth-order valence-corrected chi connectivity index (χ4v) is 1.90. The van der Waals surface area contributed by atoms with Gasteiger partial charge in [0.2, 0.25) is 0 Å². The zero-order valence-corrected chi connectivity index (χ0v) is 12.3. The van der Waals surface area contributed by atoms with Crippen molar-refractivity contribution in [2.45, 2.75) is 46.3 Å². The molecule has 1 heterocycles. The van der Waals surface area contributed by atoms with E-state index in [0.717, 1.165) is 18.9 Å². The number of rotatable bonds is 4. The summed E-state index contributed by atoms with van der Waals surface area (Å²) in [7, 11) is 0. The monoisotopic (exact) mass is 257 g/mol. The number of hydrogen-bond donors (Lipinski definition) is 1. The van der Waals surface area contributed by atoms with Crippen LogP contribution in [0, 0.1) is 6.92 Å². The molecule has 0 bridgehead atoms. The highest BCUT2D eigenvalue weighted by Gasteiger charge is 2.08. The molecule has 0 aliphatic carbocycles. The Bertz CT molecular complexity index is 518. The van der Waals surface area contributed by atoms with Crippen LogP contribution in [0.15, 0.2) is 36.7 Å². The molecule has 0 aliphatic rings. The van der Waals surface area contributed by atoms with Crippen LogP contribution < -0.4 is 5.32 Å². The molecular formula is C16H23N3. The Morgan fingerprint density at radius 2 is 1.74 bits per heavy atom. The van der Waals surface area contributed by atoms with Crippen molar-refractivity contribution < 1.29 is 0 Å². The van der Waals surface area contributed by atoms with Gasteiger partial charge in [0, 0.05) is 31.0 Å². The summed E-state index contributed by atoms with van der Waals surface area (Å²) in [6.45, 7) is 10.4. The molecule has 19 heavy (non-hydrogen) atoms. The standard InChI is InChI=1S/C16H23N3/c1-13-17-9-10-19(13)12-15-7-5-14(6-8-15)11-18-16(2,3)4/h5-10,18H,11-12H2,1-4H3. The van der Waals surface area contributed by atoms with Gasteiger partial charge in [-0.2, -0.15) is 0 Å². The zero-order chi connectivity index (χ0) is 13.9. The molecule has 3 nitrogen and oxygen atoms in total. The molecule has 0 atom stereocenters. The molecule has 1 aromatic heterocycles. The molecule has 0 aliphatic heterocycles. The van der Waals surface area contributed by atoms with E-state index in [4.69, 9.17) is 0 Å². The van der Waals surface area contributed by atoms with Gasteiger partial charge in [-0.05, 0) is 38.8 Å². The molecule has 0 amide bonds. The van der Waals surface area contributed by atoms with Crippen LogP contribution in [-0.2, 0) is 13.1 Å². The first kappa shape index (κ1) is 13.8. The Balaban J connectivity index is 1.97. The van der Waals surface area contributed by atoms with Gasteiger partial charge >= 0.3 is 0 Å². The van der Waals surface area contributed by atoms with E-state index in [9.17, 15) is 0 Å². The predicted octanol–water partition coefficient (Wildman–Crippen LogP) is 3.13. The summed E-state index contributed by atoms with van der Waals surface area (Å²) in [5, 5.41) is 3.50. The van der Waals surface area contributed by atoms with Gasteiger partial charge in [0.1, 0.15) is 5.82 Å². The van der Waals surface area contributed by atoms with E-state index in [0.29, 0.717) is 0 Å². The first-order valence-electron chi connectivity index (χ1n) is 6.75. The second-order valence-corrected chi connectivity index (χ2v) is 6.02. The summed E-state index contributed by atoms with van der Waals surface area (Å²) in [6.07, 6.45) is 3.86. The van der Waals surface area contributed by atoms with Crippen molar-refractivity contribution in [2.75, 3.05) is 0 Å². The summed E-state index contributed by atoms with van der Waals surface area (Å²) < 4.78 is 2.16. The zero-order valence-electron chi connectivity index (χ0n) is 12.3. The number of nitrogens with zero attached hydrogens (tertiary/aromatic N) is 2. The minimum atomic E-state index is 0.159. The quantitative estimate of drug-likeness (QED) is 0.912. The van der Waals surface area contributed by atoms with E-state index in [2.05, 4.69) is 59.9 Å². The molecule has 0 saturated heterocycles. The van der Waals surface area contributed by atoms with Crippen LogP contribution in [0.4, 0.5) is 0 Å². The largest absolute Gasteiger partial charge is 0.331 e. The minimum Gasteiger partial charge on any atom is -0.331 e. The summed E-state index contributed by atoms with van der Waals surface area (Å²) >= 11 is 0. The molecule has 1 aromatic carbocycles. The molecule has 0 fully saturated rings. The third-order valence-electron chi connectivity index (χ3n) is 3.12. The van der Waals surface area contributed by atoms with Crippen molar-refractivity contribution in [2.24, 2.45) is 0 Å². The third-order valence-corrected chi connectivity index (χ3v) is 3.12. The molecule has 3 heteroatoms. The SMILES string of the molecule is Cc1nccn1Cc1ccc(CNC(C)(C)C)cc1. The molecule has 0 saturated carbocycles. The van der Waals surface area contributed by atoms with Crippen molar-refractivity contribution >= 4 is 0 Å². The molecule has 2 aromatic rings. The van der Waals surface area contributed by atoms with E-state index < -0.39 is 0 Å². The van der Waals surface area contributed by atoms with Crippen molar-refractivity contribution in [3.63, 3.8) is 0 Å². The van der Waals surface area contributed by atoms with Crippen molar-refractivity contribution in [1.29, 1.82) is 0 Å². The average molecular weight is 257 g/mol. The topological polar surface area (TPSA) is 29.9 Å². The minimum absolute atomic E-state index is 0.159. The van der Waals surface area contributed by atoms with E-state index in [1.165, 1.54) is 11.1 Å². The molecular weight excluding hydrogens is 234 g/mol. The lowest BCUT2D eigenvalue weighted by Gasteiger charge is -2.20. The first-order chi connectivity index (χ1) is 8.94. The smallest absolute Gasteiger partial charge is 0.105 e.